The number of hydrogen-bond acceptors (Lipinski definition) is 10. The van der Waals surface area contributed by atoms with E-state index in [2.05, 4.69) is 35.8 Å². The van der Waals surface area contributed by atoms with E-state index in [1.165, 1.54) is 30.5 Å². The van der Waals surface area contributed by atoms with Gasteiger partial charge in [-0.15, -0.1) is 5.10 Å². The number of benzene rings is 2. The Balaban J connectivity index is 1.69. The van der Waals surface area contributed by atoms with E-state index in [4.69, 9.17) is 17.3 Å². The Labute approximate surface area is 183 Å². The number of nitrogens with two attached hydrogens (primary N) is 1. The number of amides is 1. The van der Waals surface area contributed by atoms with Crippen molar-refractivity contribution in [1.82, 2.24) is 30.7 Å². The molecule has 2 aromatic heterocycles. The van der Waals surface area contributed by atoms with Gasteiger partial charge in [-0.25, -0.2) is 10.1 Å². The van der Waals surface area contributed by atoms with Crippen LogP contribution < -0.4 is 11.2 Å². The van der Waals surface area contributed by atoms with Crippen LogP contribution in [0.1, 0.15) is 16.1 Å². The predicted molar refractivity (Wildman–Crippen MR) is 112 cm³/mol. The molecule has 2 aromatic carbocycles. The molecule has 3 N–H and O–H groups in total. The predicted octanol–water partition coefficient (Wildman–Crippen LogP) is 2.23. The number of aromatic nitrogens is 5. The van der Waals surface area contributed by atoms with Crippen LogP contribution in [0, 0.1) is 10.1 Å². The molecule has 2 heterocycles. The fourth-order valence-corrected chi connectivity index (χ4v) is 2.81. The van der Waals surface area contributed by atoms with E-state index in [-0.39, 0.29) is 28.7 Å². The lowest BCUT2D eigenvalue weighted by molar-refractivity contribution is -0.384. The molecule has 160 valence electrons. The summed E-state index contributed by atoms with van der Waals surface area (Å²) in [6.07, 6.45) is 1.42. The summed E-state index contributed by atoms with van der Waals surface area (Å²) in [4.78, 5) is 23.2. The fraction of sp³-hybridized carbons (Fsp3) is 0. The summed E-state index contributed by atoms with van der Waals surface area (Å²) < 4.78 is 5.74. The molecular formula is C18H12ClN9O4. The van der Waals surface area contributed by atoms with E-state index < -0.39 is 10.8 Å². The monoisotopic (exact) mass is 453 g/mol. The largest absolute Gasteiger partial charge is 0.378 e. The second-order valence-corrected chi connectivity index (χ2v) is 6.66. The number of hydrazone groups is 1. The van der Waals surface area contributed by atoms with Crippen molar-refractivity contribution < 1.29 is 14.3 Å². The number of nitro groups is 1. The van der Waals surface area contributed by atoms with Crippen molar-refractivity contribution in [1.29, 1.82) is 0 Å². The summed E-state index contributed by atoms with van der Waals surface area (Å²) in [5, 5.41) is 30.4. The zero-order valence-corrected chi connectivity index (χ0v) is 16.7. The molecule has 0 atom stereocenters. The van der Waals surface area contributed by atoms with Crippen molar-refractivity contribution in [2.75, 3.05) is 5.73 Å². The number of anilines is 1. The number of carbonyl (C=O) groups excluding carboxylic acids is 1. The molecule has 0 saturated carbocycles. The van der Waals surface area contributed by atoms with Crippen LogP contribution in [0.25, 0.3) is 17.1 Å². The Morgan fingerprint density at radius 2 is 1.91 bits per heavy atom. The van der Waals surface area contributed by atoms with Crippen molar-refractivity contribution in [2.24, 2.45) is 5.10 Å². The van der Waals surface area contributed by atoms with Gasteiger partial charge in [-0.05, 0) is 40.1 Å². The molecule has 32 heavy (non-hydrogen) atoms. The highest BCUT2D eigenvalue weighted by Gasteiger charge is 2.25. The van der Waals surface area contributed by atoms with Gasteiger partial charge in [0.25, 0.3) is 11.6 Å². The van der Waals surface area contributed by atoms with Gasteiger partial charge in [-0.1, -0.05) is 28.9 Å². The number of carbonyl (C=O) groups is 1. The van der Waals surface area contributed by atoms with Crippen molar-refractivity contribution >= 4 is 35.2 Å². The van der Waals surface area contributed by atoms with Crippen LogP contribution in [0.5, 0.6) is 0 Å². The number of hydrogen-bond donors (Lipinski definition) is 2. The van der Waals surface area contributed by atoms with Crippen LogP contribution in [0.15, 0.2) is 58.3 Å². The lowest BCUT2D eigenvalue weighted by Gasteiger charge is -2.05. The average molecular weight is 454 g/mol. The number of nitrogens with zero attached hydrogens (tertiary/aromatic N) is 7. The number of non-ortho nitro benzene ring substituents is 1. The molecular weight excluding hydrogens is 442 g/mol. The maximum absolute atomic E-state index is 12.8. The van der Waals surface area contributed by atoms with E-state index in [9.17, 15) is 14.9 Å². The van der Waals surface area contributed by atoms with Gasteiger partial charge in [0.15, 0.2) is 5.69 Å². The SMILES string of the molecule is Nc1nonc1-n1nnc(C(=O)N/N=C\c2ccc(Cl)cc2)c1-c1ccc([N+](=O)[O-])cc1. The Morgan fingerprint density at radius 3 is 2.53 bits per heavy atom. The molecule has 1 amide bonds. The summed E-state index contributed by atoms with van der Waals surface area (Å²) >= 11 is 5.84. The smallest absolute Gasteiger partial charge is 0.294 e. The molecule has 13 nitrogen and oxygen atoms in total. The highest BCUT2D eigenvalue weighted by atomic mass is 35.5. The van der Waals surface area contributed by atoms with Crippen LogP contribution in [-0.2, 0) is 0 Å². The Morgan fingerprint density at radius 1 is 1.19 bits per heavy atom. The zero-order chi connectivity index (χ0) is 22.7. The molecule has 0 fully saturated rings. The van der Waals surface area contributed by atoms with Crippen LogP contribution in [0.2, 0.25) is 5.02 Å². The molecule has 14 heteroatoms. The standard InChI is InChI=1S/C18H12ClN9O4/c19-12-5-1-10(2-6-12)9-21-23-18(29)14-15(11-3-7-13(8-4-11)28(30)31)27(26-22-14)17-16(20)24-32-25-17/h1-9H,(H2,20,24)(H,23,29)/b21-9-. The van der Waals surface area contributed by atoms with E-state index in [0.717, 1.165) is 4.68 Å². The van der Waals surface area contributed by atoms with Gasteiger partial charge in [0.2, 0.25) is 11.6 Å². The Bertz CT molecular complexity index is 1310. The molecule has 4 aromatic rings. The first-order chi connectivity index (χ1) is 15.4. The Kier molecular flexibility index (Phi) is 5.55. The maximum atomic E-state index is 12.8. The quantitative estimate of drug-likeness (QED) is 0.251. The number of halogens is 1. The van der Waals surface area contributed by atoms with Crippen LogP contribution in [0.4, 0.5) is 11.5 Å². The number of nitrogen functional groups attached to an aromatic ring is 1. The summed E-state index contributed by atoms with van der Waals surface area (Å²) in [6, 6.07) is 12.2. The lowest BCUT2D eigenvalue weighted by atomic mass is 10.1. The van der Waals surface area contributed by atoms with Gasteiger partial charge in [-0.2, -0.15) is 9.78 Å². The van der Waals surface area contributed by atoms with Gasteiger partial charge in [-0.3, -0.25) is 14.9 Å². The highest BCUT2D eigenvalue weighted by Crippen LogP contribution is 2.28. The third-order valence-electron chi connectivity index (χ3n) is 4.18. The van der Waals surface area contributed by atoms with Crippen molar-refractivity contribution in [3.8, 4) is 17.1 Å². The van der Waals surface area contributed by atoms with E-state index >= 15 is 0 Å². The van der Waals surface area contributed by atoms with E-state index in [1.54, 1.807) is 24.3 Å². The van der Waals surface area contributed by atoms with Crippen molar-refractivity contribution in [3.63, 3.8) is 0 Å². The molecule has 4 rings (SSSR count). The van der Waals surface area contributed by atoms with Gasteiger partial charge in [0.05, 0.1) is 11.1 Å². The molecule has 0 aliphatic carbocycles. The van der Waals surface area contributed by atoms with Crippen LogP contribution in [0.3, 0.4) is 0 Å². The molecule has 0 saturated heterocycles. The summed E-state index contributed by atoms with van der Waals surface area (Å²) in [5.41, 5.74) is 9.08. The van der Waals surface area contributed by atoms with E-state index in [1.807, 2.05) is 0 Å². The molecule has 0 aliphatic rings. The summed E-state index contributed by atoms with van der Waals surface area (Å²) in [5.74, 6) is -0.787. The third-order valence-corrected chi connectivity index (χ3v) is 4.43. The van der Waals surface area contributed by atoms with Crippen molar-refractivity contribution in [3.05, 3.63) is 74.9 Å². The first kappa shape index (κ1) is 20.6. The maximum Gasteiger partial charge on any atom is 0.294 e. The van der Waals surface area contributed by atoms with Gasteiger partial charge in [0, 0.05) is 22.7 Å². The Hall–Kier alpha value is -4.65. The molecule has 0 spiro atoms. The lowest BCUT2D eigenvalue weighted by Crippen LogP contribution is -2.19. The van der Waals surface area contributed by atoms with Gasteiger partial charge in [0.1, 0.15) is 5.69 Å². The summed E-state index contributed by atoms with van der Waals surface area (Å²) in [6.45, 7) is 0. The second-order valence-electron chi connectivity index (χ2n) is 6.23. The molecule has 0 unspecified atom stereocenters. The molecule has 0 bridgehead atoms. The highest BCUT2D eigenvalue weighted by molar-refractivity contribution is 6.30. The third kappa shape index (κ3) is 4.13. The second kappa shape index (κ2) is 8.61. The van der Waals surface area contributed by atoms with Crippen molar-refractivity contribution in [2.45, 2.75) is 0 Å². The first-order valence-electron chi connectivity index (χ1n) is 8.82. The zero-order valence-electron chi connectivity index (χ0n) is 15.9. The average Bonchev–Trinajstić information content (AvgIpc) is 3.41. The molecule has 0 aliphatic heterocycles. The van der Waals surface area contributed by atoms with Crippen LogP contribution in [-0.4, -0.2) is 42.4 Å². The normalized spacial score (nSPS) is 11.0. The number of rotatable bonds is 6. The fourth-order valence-electron chi connectivity index (χ4n) is 2.69. The minimum absolute atomic E-state index is 0.00503. The first-order valence-corrected chi connectivity index (χ1v) is 9.19. The van der Waals surface area contributed by atoms with Crippen LogP contribution >= 0.6 is 11.6 Å². The summed E-state index contributed by atoms with van der Waals surface area (Å²) in [7, 11) is 0. The minimum atomic E-state index is -0.690. The topological polar surface area (TPSA) is 180 Å². The van der Waals surface area contributed by atoms with E-state index in [0.29, 0.717) is 16.1 Å². The number of nitro benzene ring substituents is 1. The van der Waals surface area contributed by atoms with Gasteiger partial charge >= 0.3 is 0 Å². The molecule has 0 radical (unpaired) electrons. The van der Waals surface area contributed by atoms with Gasteiger partial charge < -0.3 is 5.73 Å². The minimum Gasteiger partial charge on any atom is -0.378 e. The number of nitrogens with one attached hydrogen (secondary N) is 1.